The highest BCUT2D eigenvalue weighted by Gasteiger charge is 2.30. The third-order valence-corrected chi connectivity index (χ3v) is 5.05. The highest BCUT2D eigenvalue weighted by Crippen LogP contribution is 2.29. The van der Waals surface area contributed by atoms with Crippen LogP contribution in [-0.2, 0) is 11.8 Å². The Morgan fingerprint density at radius 1 is 1.14 bits per heavy atom. The number of nitriles is 1. The number of hydrogen-bond acceptors (Lipinski definition) is 5. The molecule has 1 aliphatic rings. The quantitative estimate of drug-likeness (QED) is 0.815. The summed E-state index contributed by atoms with van der Waals surface area (Å²) in [5, 5.41) is 25.3. The van der Waals surface area contributed by atoms with Gasteiger partial charge in [0.2, 0.25) is 5.88 Å². The van der Waals surface area contributed by atoms with E-state index in [0.29, 0.717) is 22.5 Å². The smallest absolute Gasteiger partial charge is 0.280 e. The standard InChI is InChI=1S/C21H20N4O3/c1-11-6-7-15(8-12(11)2)25-21(28)17(14(4)23-25)9-16-13(3)18(10-22)20(27)24(5)19(16)26/h6-9,26H,1-5H3/b17-9-. The molecule has 3 rings (SSSR count). The van der Waals surface area contributed by atoms with Gasteiger partial charge in [-0.25, -0.2) is 0 Å². The molecule has 0 fully saturated rings. The molecule has 0 saturated heterocycles. The highest BCUT2D eigenvalue weighted by molar-refractivity contribution is 6.32. The average molecular weight is 376 g/mol. The van der Waals surface area contributed by atoms with Crippen LogP contribution < -0.4 is 10.6 Å². The van der Waals surface area contributed by atoms with E-state index in [1.165, 1.54) is 18.1 Å². The van der Waals surface area contributed by atoms with Crippen LogP contribution in [0, 0.1) is 32.1 Å². The first-order chi connectivity index (χ1) is 13.2. The summed E-state index contributed by atoms with van der Waals surface area (Å²) in [4.78, 5) is 25.1. The molecule has 1 N–H and O–H groups in total. The Labute approximate surface area is 162 Å². The summed E-state index contributed by atoms with van der Waals surface area (Å²) >= 11 is 0. The number of aryl methyl sites for hydroxylation is 2. The molecule has 0 saturated carbocycles. The number of benzene rings is 1. The molecule has 0 unspecified atom stereocenters. The van der Waals surface area contributed by atoms with Crippen LogP contribution in [0.15, 0.2) is 33.7 Å². The van der Waals surface area contributed by atoms with Crippen molar-refractivity contribution in [1.82, 2.24) is 4.57 Å². The van der Waals surface area contributed by atoms with Gasteiger partial charge in [-0.3, -0.25) is 14.2 Å². The zero-order valence-corrected chi connectivity index (χ0v) is 16.4. The molecule has 1 aromatic heterocycles. The molecule has 2 heterocycles. The van der Waals surface area contributed by atoms with Gasteiger partial charge in [-0.15, -0.1) is 0 Å². The summed E-state index contributed by atoms with van der Waals surface area (Å²) in [5.41, 5.74) is 3.49. The number of nitrogens with zero attached hydrogens (tertiary/aromatic N) is 4. The SMILES string of the molecule is CC1=NN(c2ccc(C)c(C)c2)C(=O)/C1=C\c1c(C)c(C#N)c(=O)n(C)c1O. The van der Waals surface area contributed by atoms with Crippen molar-refractivity contribution in [2.24, 2.45) is 12.1 Å². The molecule has 1 aromatic carbocycles. The second kappa shape index (κ2) is 6.82. The van der Waals surface area contributed by atoms with E-state index in [1.807, 2.05) is 38.1 Å². The van der Waals surface area contributed by atoms with E-state index in [0.717, 1.165) is 15.7 Å². The Balaban J connectivity index is 2.13. The fraction of sp³-hybridized carbons (Fsp3) is 0.238. The number of rotatable bonds is 2. The van der Waals surface area contributed by atoms with Crippen molar-refractivity contribution in [2.45, 2.75) is 27.7 Å². The van der Waals surface area contributed by atoms with Crippen LogP contribution in [0.25, 0.3) is 6.08 Å². The molecule has 28 heavy (non-hydrogen) atoms. The van der Waals surface area contributed by atoms with E-state index >= 15 is 0 Å². The van der Waals surface area contributed by atoms with Crippen molar-refractivity contribution in [1.29, 1.82) is 5.26 Å². The first-order valence-electron chi connectivity index (χ1n) is 8.69. The van der Waals surface area contributed by atoms with Crippen LogP contribution in [0.2, 0.25) is 0 Å². The number of hydrazone groups is 1. The van der Waals surface area contributed by atoms with Crippen LogP contribution >= 0.6 is 0 Å². The molecule has 0 radical (unpaired) electrons. The third kappa shape index (κ3) is 2.89. The Hall–Kier alpha value is -3.66. The van der Waals surface area contributed by atoms with Gasteiger partial charge in [-0.1, -0.05) is 6.07 Å². The average Bonchev–Trinajstić information content (AvgIpc) is 2.94. The van der Waals surface area contributed by atoms with Crippen molar-refractivity contribution in [3.63, 3.8) is 0 Å². The van der Waals surface area contributed by atoms with Gasteiger partial charge in [0.05, 0.1) is 17.0 Å². The maximum atomic E-state index is 13.0. The second-order valence-corrected chi connectivity index (χ2v) is 6.84. The zero-order chi connectivity index (χ0) is 20.7. The molecular weight excluding hydrogens is 356 g/mol. The molecule has 7 nitrogen and oxygen atoms in total. The number of carbonyl (C=O) groups excluding carboxylic acids is 1. The van der Waals surface area contributed by atoms with Gasteiger partial charge in [0.1, 0.15) is 11.6 Å². The maximum absolute atomic E-state index is 13.0. The van der Waals surface area contributed by atoms with Crippen LogP contribution in [0.4, 0.5) is 5.69 Å². The van der Waals surface area contributed by atoms with Gasteiger partial charge in [-0.05, 0) is 62.6 Å². The van der Waals surface area contributed by atoms with Crippen molar-refractivity contribution in [3.05, 3.63) is 61.9 Å². The predicted octanol–water partition coefficient (Wildman–Crippen LogP) is 2.69. The number of hydrogen-bond donors (Lipinski definition) is 1. The molecule has 1 amide bonds. The molecule has 0 atom stereocenters. The minimum absolute atomic E-state index is 0.0711. The lowest BCUT2D eigenvalue weighted by Crippen LogP contribution is -2.23. The van der Waals surface area contributed by atoms with Crippen molar-refractivity contribution < 1.29 is 9.90 Å². The minimum atomic E-state index is -0.584. The minimum Gasteiger partial charge on any atom is -0.494 e. The maximum Gasteiger partial charge on any atom is 0.280 e. The first-order valence-corrected chi connectivity index (χ1v) is 8.69. The number of pyridine rings is 1. The molecule has 142 valence electrons. The topological polar surface area (TPSA) is 98.7 Å². The summed E-state index contributed by atoms with van der Waals surface area (Å²) < 4.78 is 0.991. The third-order valence-electron chi connectivity index (χ3n) is 5.05. The second-order valence-electron chi connectivity index (χ2n) is 6.84. The van der Waals surface area contributed by atoms with Crippen molar-refractivity contribution in [2.75, 3.05) is 5.01 Å². The fourth-order valence-corrected chi connectivity index (χ4v) is 3.07. The van der Waals surface area contributed by atoms with Gasteiger partial charge in [0.15, 0.2) is 0 Å². The first kappa shape index (κ1) is 19.1. The zero-order valence-electron chi connectivity index (χ0n) is 16.4. The van der Waals surface area contributed by atoms with Gasteiger partial charge in [0.25, 0.3) is 11.5 Å². The van der Waals surface area contributed by atoms with Gasteiger partial charge in [0, 0.05) is 12.6 Å². The Kier molecular flexibility index (Phi) is 4.65. The van der Waals surface area contributed by atoms with Gasteiger partial charge in [-0.2, -0.15) is 15.4 Å². The Morgan fingerprint density at radius 2 is 1.82 bits per heavy atom. The molecule has 7 heteroatoms. The summed E-state index contributed by atoms with van der Waals surface area (Å²) in [6.45, 7) is 7.22. The molecule has 2 aromatic rings. The fourth-order valence-electron chi connectivity index (χ4n) is 3.07. The summed E-state index contributed by atoms with van der Waals surface area (Å²) in [5.74, 6) is -0.647. The van der Waals surface area contributed by atoms with Crippen LogP contribution in [0.3, 0.4) is 0 Å². The molecule has 1 aliphatic heterocycles. The van der Waals surface area contributed by atoms with E-state index in [9.17, 15) is 20.0 Å². The number of aromatic nitrogens is 1. The van der Waals surface area contributed by atoms with E-state index in [-0.39, 0.29) is 22.9 Å². The van der Waals surface area contributed by atoms with Gasteiger partial charge < -0.3 is 5.11 Å². The van der Waals surface area contributed by atoms with Crippen LogP contribution in [0.5, 0.6) is 5.88 Å². The van der Waals surface area contributed by atoms with E-state index in [1.54, 1.807) is 13.8 Å². The highest BCUT2D eigenvalue weighted by atomic mass is 16.3. The molecule has 0 aliphatic carbocycles. The van der Waals surface area contributed by atoms with E-state index < -0.39 is 5.56 Å². The lowest BCUT2D eigenvalue weighted by Gasteiger charge is -2.14. The number of carbonyl (C=O) groups is 1. The van der Waals surface area contributed by atoms with Gasteiger partial charge >= 0.3 is 0 Å². The largest absolute Gasteiger partial charge is 0.494 e. The van der Waals surface area contributed by atoms with Crippen LogP contribution in [0.1, 0.15) is 34.7 Å². The molecule has 0 bridgehead atoms. The normalized spacial score (nSPS) is 15.1. The predicted molar refractivity (Wildman–Crippen MR) is 107 cm³/mol. The lowest BCUT2D eigenvalue weighted by atomic mass is 10.0. The number of amides is 1. The van der Waals surface area contributed by atoms with Crippen molar-refractivity contribution >= 4 is 23.4 Å². The Morgan fingerprint density at radius 3 is 2.43 bits per heavy atom. The Bertz CT molecular complexity index is 1180. The van der Waals surface area contributed by atoms with Crippen LogP contribution in [-0.4, -0.2) is 21.3 Å². The summed E-state index contributed by atoms with van der Waals surface area (Å²) in [6, 6.07) is 7.50. The summed E-state index contributed by atoms with van der Waals surface area (Å²) in [6.07, 6.45) is 1.48. The van der Waals surface area contributed by atoms with E-state index in [4.69, 9.17) is 0 Å². The molecule has 0 spiro atoms. The summed E-state index contributed by atoms with van der Waals surface area (Å²) in [7, 11) is 1.37. The van der Waals surface area contributed by atoms with Crippen molar-refractivity contribution in [3.8, 4) is 11.9 Å². The lowest BCUT2D eigenvalue weighted by molar-refractivity contribution is -0.114. The number of aromatic hydroxyl groups is 1. The monoisotopic (exact) mass is 376 g/mol. The van der Waals surface area contributed by atoms with E-state index in [2.05, 4.69) is 5.10 Å². The number of anilines is 1. The molecular formula is C21H20N4O3.